The van der Waals surface area contributed by atoms with Gasteiger partial charge in [-0.3, -0.25) is 19.3 Å². The van der Waals surface area contributed by atoms with Gasteiger partial charge in [-0.15, -0.1) is 0 Å². The van der Waals surface area contributed by atoms with Crippen LogP contribution >= 0.6 is 0 Å². The summed E-state index contributed by atoms with van der Waals surface area (Å²) in [4.78, 5) is 46.1. The molecule has 0 aliphatic carbocycles. The Morgan fingerprint density at radius 3 is 2.49 bits per heavy atom. The van der Waals surface area contributed by atoms with E-state index < -0.39 is 35.1 Å². The molecule has 1 aromatic rings. The van der Waals surface area contributed by atoms with E-state index in [4.69, 9.17) is 9.47 Å². The van der Waals surface area contributed by atoms with Gasteiger partial charge in [-0.2, -0.15) is 0 Å². The zero-order valence-corrected chi connectivity index (χ0v) is 24.6. The highest BCUT2D eigenvalue weighted by Gasteiger charge is 2.79. The van der Waals surface area contributed by atoms with Gasteiger partial charge in [-0.1, -0.05) is 51.1 Å². The lowest BCUT2D eigenvalue weighted by Gasteiger charge is -2.38. The number of rotatable bonds is 12. The maximum absolute atomic E-state index is 14.4. The molecule has 3 N–H and O–H groups in total. The van der Waals surface area contributed by atoms with Crippen LogP contribution in [0.3, 0.4) is 0 Å². The number of nitrogens with one attached hydrogen (secondary N) is 2. The van der Waals surface area contributed by atoms with E-state index in [0.29, 0.717) is 58.5 Å². The van der Waals surface area contributed by atoms with Crippen molar-refractivity contribution in [2.75, 3.05) is 46.0 Å². The number of carbonyl (C=O) groups excluding carboxylic acids is 3. The van der Waals surface area contributed by atoms with Crippen molar-refractivity contribution in [3.05, 3.63) is 35.9 Å². The lowest BCUT2D eigenvalue weighted by molar-refractivity contribution is -0.151. The Morgan fingerprint density at radius 2 is 1.83 bits per heavy atom. The average Bonchev–Trinajstić information content (AvgIpc) is 3.59. The second-order valence-electron chi connectivity index (χ2n) is 12.5. The molecule has 41 heavy (non-hydrogen) atoms. The van der Waals surface area contributed by atoms with Gasteiger partial charge in [0, 0.05) is 32.7 Å². The lowest BCUT2D eigenvalue weighted by atomic mass is 9.65. The van der Waals surface area contributed by atoms with Crippen molar-refractivity contribution in [2.45, 2.75) is 76.3 Å². The van der Waals surface area contributed by atoms with Gasteiger partial charge < -0.3 is 30.1 Å². The van der Waals surface area contributed by atoms with E-state index in [1.807, 2.05) is 51.1 Å². The largest absolute Gasteiger partial charge is 0.394 e. The molecule has 4 saturated heterocycles. The highest BCUT2D eigenvalue weighted by Crippen LogP contribution is 2.64. The minimum absolute atomic E-state index is 0.201. The Morgan fingerprint density at radius 1 is 1.10 bits per heavy atom. The van der Waals surface area contributed by atoms with Gasteiger partial charge in [0.1, 0.15) is 11.6 Å². The number of ether oxygens (including phenoxy) is 2. The van der Waals surface area contributed by atoms with E-state index in [2.05, 4.69) is 15.5 Å². The van der Waals surface area contributed by atoms with Crippen molar-refractivity contribution < 1.29 is 29.0 Å². The van der Waals surface area contributed by atoms with Crippen LogP contribution in [0.1, 0.15) is 52.0 Å². The van der Waals surface area contributed by atoms with E-state index >= 15 is 0 Å². The van der Waals surface area contributed by atoms with Crippen molar-refractivity contribution in [1.82, 2.24) is 20.4 Å². The summed E-state index contributed by atoms with van der Waals surface area (Å²) >= 11 is 0. The number of fused-ring (bicyclic) bond motifs is 1. The highest BCUT2D eigenvalue weighted by atomic mass is 16.5. The topological polar surface area (TPSA) is 120 Å². The number of aliphatic hydroxyl groups excluding tert-OH is 1. The van der Waals surface area contributed by atoms with Gasteiger partial charge in [0.15, 0.2) is 0 Å². The van der Waals surface area contributed by atoms with Crippen LogP contribution in [0, 0.1) is 17.8 Å². The molecule has 0 radical (unpaired) electrons. The zero-order valence-electron chi connectivity index (χ0n) is 24.6. The summed E-state index contributed by atoms with van der Waals surface area (Å²) in [7, 11) is 0. The first kappa shape index (κ1) is 29.9. The summed E-state index contributed by atoms with van der Waals surface area (Å²) in [6.07, 6.45) is 2.25. The van der Waals surface area contributed by atoms with Crippen molar-refractivity contribution in [3.8, 4) is 0 Å². The predicted molar refractivity (Wildman–Crippen MR) is 153 cm³/mol. The first-order valence-corrected chi connectivity index (χ1v) is 15.3. The van der Waals surface area contributed by atoms with Gasteiger partial charge >= 0.3 is 0 Å². The summed E-state index contributed by atoms with van der Waals surface area (Å²) in [5.74, 6) is -2.02. The van der Waals surface area contributed by atoms with Gasteiger partial charge in [-0.05, 0) is 37.2 Å². The van der Waals surface area contributed by atoms with Gasteiger partial charge in [-0.25, -0.2) is 0 Å². The van der Waals surface area contributed by atoms with Crippen LogP contribution < -0.4 is 10.6 Å². The quantitative estimate of drug-likeness (QED) is 0.347. The monoisotopic (exact) mass is 570 g/mol. The molecule has 0 saturated carbocycles. The fourth-order valence-corrected chi connectivity index (χ4v) is 7.72. The number of aliphatic hydroxyl groups is 1. The van der Waals surface area contributed by atoms with Crippen LogP contribution in [0.25, 0.3) is 0 Å². The van der Waals surface area contributed by atoms with E-state index in [1.54, 1.807) is 4.90 Å². The third-order valence-corrected chi connectivity index (χ3v) is 9.64. The molecule has 4 fully saturated rings. The normalized spacial score (nSPS) is 31.9. The van der Waals surface area contributed by atoms with Gasteiger partial charge in [0.25, 0.3) is 0 Å². The third-order valence-electron chi connectivity index (χ3n) is 9.64. The van der Waals surface area contributed by atoms with Crippen LogP contribution in [-0.4, -0.2) is 102 Å². The maximum atomic E-state index is 14.4. The molecule has 4 heterocycles. The van der Waals surface area contributed by atoms with Crippen molar-refractivity contribution in [2.24, 2.45) is 17.8 Å². The Hall–Kier alpha value is -2.53. The summed E-state index contributed by atoms with van der Waals surface area (Å²) in [5.41, 5.74) is -0.930. The summed E-state index contributed by atoms with van der Waals surface area (Å²) in [5, 5.41) is 16.6. The molecule has 1 spiro atoms. The summed E-state index contributed by atoms with van der Waals surface area (Å²) in [6, 6.07) is 8.24. The smallest absolute Gasteiger partial charge is 0.245 e. The van der Waals surface area contributed by atoms with Gasteiger partial charge in [0.2, 0.25) is 17.7 Å². The Kier molecular flexibility index (Phi) is 9.04. The Bertz CT molecular complexity index is 1100. The Labute approximate surface area is 243 Å². The number of benzene rings is 1. The molecule has 5 rings (SSSR count). The number of morpholine rings is 1. The van der Waals surface area contributed by atoms with Crippen molar-refractivity contribution in [1.29, 1.82) is 0 Å². The summed E-state index contributed by atoms with van der Waals surface area (Å²) < 4.78 is 12.3. The second-order valence-corrected chi connectivity index (χ2v) is 12.5. The van der Waals surface area contributed by atoms with Gasteiger partial charge in [0.05, 0.1) is 43.3 Å². The molecule has 2 bridgehead atoms. The Balaban J connectivity index is 1.42. The predicted octanol–water partition coefficient (Wildman–Crippen LogP) is 1.31. The summed E-state index contributed by atoms with van der Waals surface area (Å²) in [6.45, 7) is 10.3. The van der Waals surface area contributed by atoms with E-state index in [0.717, 1.165) is 18.7 Å². The SMILES string of the molecule is CC[C@@]12CCC3(O1)C(C(=O)NCCN1CCOCC1)N([C@@H](CO)CC(C)C)C(=O)[C@@H]3[C@@H]2C(=O)NCc1ccccc1. The minimum Gasteiger partial charge on any atom is -0.394 e. The molecule has 10 heteroatoms. The zero-order chi connectivity index (χ0) is 29.2. The van der Waals surface area contributed by atoms with Crippen LogP contribution in [0.2, 0.25) is 0 Å². The fraction of sp³-hybridized carbons (Fsp3) is 0.710. The van der Waals surface area contributed by atoms with Crippen LogP contribution in [0.4, 0.5) is 0 Å². The molecule has 226 valence electrons. The van der Waals surface area contributed by atoms with E-state index in [-0.39, 0.29) is 30.2 Å². The van der Waals surface area contributed by atoms with Crippen LogP contribution in [0.5, 0.6) is 0 Å². The number of carbonyl (C=O) groups is 3. The molecule has 0 aromatic heterocycles. The molecule has 3 amide bonds. The third kappa shape index (κ3) is 5.51. The molecule has 2 unspecified atom stereocenters. The van der Waals surface area contributed by atoms with Crippen LogP contribution in [0.15, 0.2) is 30.3 Å². The molecule has 1 aromatic carbocycles. The standard InChI is InChI=1S/C31H46N4O6/c1-4-30-10-11-31(41-30)25(24(30)27(37)33-19-22-8-6-5-7-9-22)29(39)35(23(20-36)18-21(2)3)26(31)28(38)32-12-13-34-14-16-40-17-15-34/h5-9,21,23-26,36H,4,10-20H2,1-3H3,(H,32,38)(H,33,37)/t23-,24-,25+,26?,30+,31?/m1/s1. The fourth-order valence-electron chi connectivity index (χ4n) is 7.72. The first-order chi connectivity index (χ1) is 19.8. The maximum Gasteiger partial charge on any atom is 0.245 e. The van der Waals surface area contributed by atoms with Crippen molar-refractivity contribution >= 4 is 17.7 Å². The van der Waals surface area contributed by atoms with E-state index in [1.165, 1.54) is 0 Å². The highest BCUT2D eigenvalue weighted by molar-refractivity contribution is 5.99. The van der Waals surface area contributed by atoms with Crippen LogP contribution in [-0.2, 0) is 30.4 Å². The first-order valence-electron chi connectivity index (χ1n) is 15.3. The lowest BCUT2D eigenvalue weighted by Crippen LogP contribution is -2.58. The molecule has 10 nitrogen and oxygen atoms in total. The number of hydrogen-bond donors (Lipinski definition) is 3. The molecular weight excluding hydrogens is 524 g/mol. The minimum atomic E-state index is -1.10. The van der Waals surface area contributed by atoms with E-state index in [9.17, 15) is 19.5 Å². The molecule has 4 aliphatic rings. The number of likely N-dealkylation sites (tertiary alicyclic amines) is 1. The van der Waals surface area contributed by atoms with Crippen molar-refractivity contribution in [3.63, 3.8) is 0 Å². The molecule has 4 aliphatic heterocycles. The number of hydrogen-bond acceptors (Lipinski definition) is 7. The molecule has 6 atom stereocenters. The average molecular weight is 571 g/mol. The number of amides is 3. The second kappa shape index (κ2) is 12.4. The number of nitrogens with zero attached hydrogens (tertiary/aromatic N) is 2. The molecular formula is C31H46N4O6.